The minimum Gasteiger partial charge on any atom is -0.378 e. The Morgan fingerprint density at radius 3 is 2.38 bits per heavy atom. The van der Waals surface area contributed by atoms with Crippen LogP contribution >= 0.6 is 0 Å². The monoisotopic (exact) mass is 387 g/mol. The van der Waals surface area contributed by atoms with E-state index >= 15 is 0 Å². The number of carbonyl (C=O) groups is 1. The number of aryl methyl sites for hydroxylation is 1. The molecule has 0 unspecified atom stereocenters. The van der Waals surface area contributed by atoms with Crippen molar-refractivity contribution < 1.29 is 26.4 Å². The molecule has 0 aliphatic carbocycles. The Balaban J connectivity index is 2.41. The third-order valence-corrected chi connectivity index (χ3v) is 4.99. The van der Waals surface area contributed by atoms with Crippen molar-refractivity contribution in [2.45, 2.75) is 17.5 Å². The van der Waals surface area contributed by atoms with Gasteiger partial charge in [0, 0.05) is 31.7 Å². The molecular formula is C16H16F3N3O3S. The molecule has 0 aliphatic rings. The number of alkyl halides is 3. The van der Waals surface area contributed by atoms with E-state index in [2.05, 4.69) is 10.3 Å². The largest absolute Gasteiger partial charge is 0.503 e. The van der Waals surface area contributed by atoms with Crippen LogP contribution in [0, 0.1) is 6.92 Å². The van der Waals surface area contributed by atoms with Crippen molar-refractivity contribution >= 4 is 27.1 Å². The molecule has 0 radical (unpaired) electrons. The molecule has 140 valence electrons. The average molecular weight is 387 g/mol. The molecule has 1 aromatic heterocycles. The van der Waals surface area contributed by atoms with Gasteiger partial charge in [0.25, 0.3) is 15.7 Å². The van der Waals surface area contributed by atoms with Crippen molar-refractivity contribution in [2.24, 2.45) is 0 Å². The van der Waals surface area contributed by atoms with Gasteiger partial charge in [0.1, 0.15) is 0 Å². The molecule has 2 aromatic rings. The van der Waals surface area contributed by atoms with Crippen molar-refractivity contribution in [3.8, 4) is 0 Å². The van der Waals surface area contributed by atoms with E-state index in [-0.39, 0.29) is 0 Å². The Bertz CT molecular complexity index is 941. The maximum Gasteiger partial charge on any atom is 0.503 e. The second-order valence-corrected chi connectivity index (χ2v) is 7.51. The molecule has 10 heteroatoms. The Morgan fingerprint density at radius 1 is 1.19 bits per heavy atom. The Hall–Kier alpha value is -2.62. The van der Waals surface area contributed by atoms with Crippen LogP contribution < -0.4 is 10.2 Å². The van der Waals surface area contributed by atoms with E-state index in [4.69, 9.17) is 0 Å². The highest BCUT2D eigenvalue weighted by Crippen LogP contribution is 2.31. The average Bonchev–Trinajstić information content (AvgIpc) is 2.55. The summed E-state index contributed by atoms with van der Waals surface area (Å²) in [7, 11) is -2.09. The predicted molar refractivity (Wildman–Crippen MR) is 90.9 cm³/mol. The molecule has 2 rings (SSSR count). The molecular weight excluding hydrogens is 371 g/mol. The van der Waals surface area contributed by atoms with Crippen LogP contribution in [0.4, 0.5) is 24.5 Å². The van der Waals surface area contributed by atoms with Gasteiger partial charge in [-0.1, -0.05) is 0 Å². The molecule has 1 aromatic carbocycles. The maximum atomic E-state index is 12.8. The molecule has 0 spiro atoms. The van der Waals surface area contributed by atoms with Crippen LogP contribution in [0.2, 0.25) is 0 Å². The van der Waals surface area contributed by atoms with E-state index in [1.807, 2.05) is 19.0 Å². The number of benzene rings is 1. The third kappa shape index (κ3) is 3.79. The van der Waals surface area contributed by atoms with Crippen molar-refractivity contribution in [2.75, 3.05) is 24.3 Å². The molecule has 0 atom stereocenters. The molecule has 1 N–H and O–H groups in total. The lowest BCUT2D eigenvalue weighted by Gasteiger charge is -2.16. The molecule has 0 aliphatic heterocycles. The number of nitrogens with one attached hydrogen (secondary N) is 1. The number of sulfone groups is 1. The topological polar surface area (TPSA) is 79.4 Å². The number of carbonyl (C=O) groups excluding carboxylic acids is 1. The summed E-state index contributed by atoms with van der Waals surface area (Å²) in [5.41, 5.74) is -4.36. The quantitative estimate of drug-likeness (QED) is 0.873. The fourth-order valence-electron chi connectivity index (χ4n) is 2.14. The van der Waals surface area contributed by atoms with Crippen LogP contribution in [-0.4, -0.2) is 38.9 Å². The predicted octanol–water partition coefficient (Wildman–Crippen LogP) is 3.00. The van der Waals surface area contributed by atoms with E-state index in [1.54, 1.807) is 25.1 Å². The van der Waals surface area contributed by atoms with E-state index in [9.17, 15) is 26.4 Å². The van der Waals surface area contributed by atoms with Gasteiger partial charge in [0.2, 0.25) is 0 Å². The number of amides is 1. The van der Waals surface area contributed by atoms with Crippen LogP contribution in [0.3, 0.4) is 0 Å². The molecule has 1 amide bonds. The van der Waals surface area contributed by atoms with Gasteiger partial charge in [-0.2, -0.15) is 13.2 Å². The number of halogens is 3. The number of rotatable bonds is 4. The summed E-state index contributed by atoms with van der Waals surface area (Å²) in [6.45, 7) is 1.71. The Kier molecular flexibility index (Phi) is 5.26. The minimum atomic E-state index is -5.75. The zero-order valence-corrected chi connectivity index (χ0v) is 14.9. The number of aromatic nitrogens is 1. The van der Waals surface area contributed by atoms with Crippen molar-refractivity contribution in [1.82, 2.24) is 4.98 Å². The normalized spacial score (nSPS) is 11.9. The van der Waals surface area contributed by atoms with Gasteiger partial charge in [-0.15, -0.1) is 0 Å². The Morgan fingerprint density at radius 2 is 1.85 bits per heavy atom. The third-order valence-electron chi connectivity index (χ3n) is 3.55. The fourth-order valence-corrected chi connectivity index (χ4v) is 3.01. The highest BCUT2D eigenvalue weighted by Gasteiger charge is 2.49. The first-order chi connectivity index (χ1) is 11.9. The van der Waals surface area contributed by atoms with Crippen LogP contribution in [-0.2, 0) is 9.84 Å². The zero-order chi connectivity index (χ0) is 19.7. The standard InChI is InChI=1S/C16H16F3N3O3S/c1-10-9-11(22(2)3)6-7-13(10)21-14(23)12-5-4-8-20-15(12)26(24,25)16(17,18)19/h4-9H,1-3H3,(H,21,23). The highest BCUT2D eigenvalue weighted by atomic mass is 32.2. The Labute approximate surface area is 148 Å². The highest BCUT2D eigenvalue weighted by molar-refractivity contribution is 7.92. The van der Waals surface area contributed by atoms with Gasteiger partial charge in [-0.3, -0.25) is 4.79 Å². The van der Waals surface area contributed by atoms with Crippen molar-refractivity contribution in [3.05, 3.63) is 47.7 Å². The van der Waals surface area contributed by atoms with E-state index in [0.717, 1.165) is 18.0 Å². The SMILES string of the molecule is Cc1cc(N(C)C)ccc1NC(=O)c1cccnc1S(=O)(=O)C(F)(F)F. The lowest BCUT2D eigenvalue weighted by molar-refractivity contribution is -0.0438. The lowest BCUT2D eigenvalue weighted by atomic mass is 10.1. The number of nitrogens with zero attached hydrogens (tertiary/aromatic N) is 2. The molecule has 6 nitrogen and oxygen atoms in total. The second-order valence-electron chi connectivity index (χ2n) is 5.65. The van der Waals surface area contributed by atoms with Crippen molar-refractivity contribution in [3.63, 3.8) is 0 Å². The number of hydrogen-bond acceptors (Lipinski definition) is 5. The first-order valence-corrected chi connectivity index (χ1v) is 8.79. The first-order valence-electron chi connectivity index (χ1n) is 7.31. The van der Waals surface area contributed by atoms with Gasteiger partial charge in [-0.05, 0) is 42.8 Å². The molecule has 0 saturated heterocycles. The molecule has 26 heavy (non-hydrogen) atoms. The van der Waals surface area contributed by atoms with Gasteiger partial charge in [0.05, 0.1) is 5.56 Å². The molecule has 0 saturated carbocycles. The summed E-state index contributed by atoms with van der Waals surface area (Å²) in [6.07, 6.45) is 0.881. The van der Waals surface area contributed by atoms with Crippen LogP contribution in [0.1, 0.15) is 15.9 Å². The van der Waals surface area contributed by atoms with Crippen LogP contribution in [0.25, 0.3) is 0 Å². The van der Waals surface area contributed by atoms with E-state index in [0.29, 0.717) is 11.3 Å². The van der Waals surface area contributed by atoms with Crippen LogP contribution in [0.5, 0.6) is 0 Å². The summed E-state index contributed by atoms with van der Waals surface area (Å²) < 4.78 is 61.7. The number of pyridine rings is 1. The minimum absolute atomic E-state index is 0.347. The van der Waals surface area contributed by atoms with Gasteiger partial charge < -0.3 is 10.2 Å². The fraction of sp³-hybridized carbons (Fsp3) is 0.250. The summed E-state index contributed by atoms with van der Waals surface area (Å²) in [5, 5.41) is 1.10. The summed E-state index contributed by atoms with van der Waals surface area (Å²) >= 11 is 0. The summed E-state index contributed by atoms with van der Waals surface area (Å²) in [4.78, 5) is 17.5. The first kappa shape index (κ1) is 19.7. The van der Waals surface area contributed by atoms with Gasteiger partial charge >= 0.3 is 5.51 Å². The molecule has 1 heterocycles. The van der Waals surface area contributed by atoms with Gasteiger partial charge in [0.15, 0.2) is 5.03 Å². The molecule has 0 bridgehead atoms. The lowest BCUT2D eigenvalue weighted by Crippen LogP contribution is -2.27. The van der Waals surface area contributed by atoms with E-state index in [1.165, 1.54) is 6.07 Å². The van der Waals surface area contributed by atoms with Crippen LogP contribution in [0.15, 0.2) is 41.6 Å². The summed E-state index contributed by atoms with van der Waals surface area (Å²) in [6, 6.07) is 7.22. The second kappa shape index (κ2) is 6.94. The maximum absolute atomic E-state index is 12.8. The number of anilines is 2. The summed E-state index contributed by atoms with van der Waals surface area (Å²) in [5.74, 6) is -0.998. The van der Waals surface area contributed by atoms with Gasteiger partial charge in [-0.25, -0.2) is 13.4 Å². The molecule has 0 fully saturated rings. The van der Waals surface area contributed by atoms with E-state index < -0.39 is 31.8 Å². The smallest absolute Gasteiger partial charge is 0.378 e. The zero-order valence-electron chi connectivity index (χ0n) is 14.1. The number of hydrogen-bond donors (Lipinski definition) is 1. The van der Waals surface area contributed by atoms with Crippen molar-refractivity contribution in [1.29, 1.82) is 0 Å².